The standard InChI is InChI=1S/C9H7NO4S/c11-5-10-8(12)7(15-9(10)13)4-6-2-1-3-14-6/h1-4,11H,5H2/b7-4-. The Kier molecular flexibility index (Phi) is 2.61. The summed E-state index contributed by atoms with van der Waals surface area (Å²) < 4.78 is 5.01. The average molecular weight is 225 g/mol. The van der Waals surface area contributed by atoms with Crippen LogP contribution in [0, 0.1) is 0 Å². The lowest BCUT2D eigenvalue weighted by Crippen LogP contribution is -2.28. The van der Waals surface area contributed by atoms with Gasteiger partial charge in [-0.3, -0.25) is 9.59 Å². The molecule has 1 aromatic heterocycles. The van der Waals surface area contributed by atoms with Crippen LogP contribution in [-0.4, -0.2) is 27.9 Å². The van der Waals surface area contributed by atoms with E-state index in [4.69, 9.17) is 9.52 Å². The molecule has 0 atom stereocenters. The van der Waals surface area contributed by atoms with Crippen molar-refractivity contribution in [2.45, 2.75) is 0 Å². The maximum atomic E-state index is 11.5. The molecule has 1 saturated heterocycles. The number of thioether (sulfide) groups is 1. The van der Waals surface area contributed by atoms with Crippen molar-refractivity contribution >= 4 is 29.0 Å². The number of aliphatic hydroxyl groups excluding tert-OH is 1. The Labute approximate surface area is 89.4 Å². The Bertz CT molecular complexity index is 423. The van der Waals surface area contributed by atoms with Gasteiger partial charge in [0.15, 0.2) is 0 Å². The van der Waals surface area contributed by atoms with Gasteiger partial charge in [0.1, 0.15) is 12.5 Å². The summed E-state index contributed by atoms with van der Waals surface area (Å²) in [4.78, 5) is 23.7. The highest BCUT2D eigenvalue weighted by molar-refractivity contribution is 8.18. The third kappa shape index (κ3) is 1.81. The summed E-state index contributed by atoms with van der Waals surface area (Å²) in [5, 5.41) is 8.30. The van der Waals surface area contributed by atoms with Gasteiger partial charge in [0.25, 0.3) is 11.1 Å². The average Bonchev–Trinajstić information content (AvgIpc) is 2.78. The minimum absolute atomic E-state index is 0.254. The molecule has 0 spiro atoms. The first-order chi connectivity index (χ1) is 7.22. The summed E-state index contributed by atoms with van der Waals surface area (Å²) in [5.74, 6) is 0.00217. The monoisotopic (exact) mass is 225 g/mol. The molecule has 0 radical (unpaired) electrons. The van der Waals surface area contributed by atoms with E-state index in [-0.39, 0.29) is 4.91 Å². The van der Waals surface area contributed by atoms with Gasteiger partial charge in [0.05, 0.1) is 11.2 Å². The Morgan fingerprint density at radius 1 is 1.53 bits per heavy atom. The fourth-order valence-electron chi connectivity index (χ4n) is 1.12. The molecular formula is C9H7NO4S. The van der Waals surface area contributed by atoms with Crippen LogP contribution in [0.4, 0.5) is 4.79 Å². The maximum absolute atomic E-state index is 11.5. The molecule has 2 rings (SSSR count). The zero-order chi connectivity index (χ0) is 10.8. The number of carbonyl (C=O) groups excluding carboxylic acids is 2. The Morgan fingerprint density at radius 2 is 2.33 bits per heavy atom. The summed E-state index contributed by atoms with van der Waals surface area (Å²) in [7, 11) is 0. The molecule has 1 N–H and O–H groups in total. The summed E-state index contributed by atoms with van der Waals surface area (Å²) >= 11 is 0.783. The number of amides is 2. The third-order valence-electron chi connectivity index (χ3n) is 1.83. The van der Waals surface area contributed by atoms with Crippen LogP contribution in [-0.2, 0) is 4.79 Å². The molecule has 0 unspecified atom stereocenters. The number of furan rings is 1. The zero-order valence-electron chi connectivity index (χ0n) is 7.54. The molecule has 1 aliphatic rings. The van der Waals surface area contributed by atoms with Crippen LogP contribution >= 0.6 is 11.8 Å². The highest BCUT2D eigenvalue weighted by Gasteiger charge is 2.34. The third-order valence-corrected chi connectivity index (χ3v) is 2.74. The SMILES string of the molecule is O=C1S/C(=C\c2ccco2)C(=O)N1CO. The molecule has 2 heterocycles. The number of carbonyl (C=O) groups is 2. The molecule has 0 saturated carbocycles. The molecule has 15 heavy (non-hydrogen) atoms. The molecule has 1 fully saturated rings. The van der Waals surface area contributed by atoms with Gasteiger partial charge < -0.3 is 9.52 Å². The molecule has 78 valence electrons. The predicted molar refractivity (Wildman–Crippen MR) is 53.6 cm³/mol. The van der Waals surface area contributed by atoms with Crippen LogP contribution in [0.2, 0.25) is 0 Å². The Hall–Kier alpha value is -1.53. The Morgan fingerprint density at radius 3 is 2.87 bits per heavy atom. The number of nitrogens with zero attached hydrogens (tertiary/aromatic N) is 1. The summed E-state index contributed by atoms with van der Waals surface area (Å²) in [5.41, 5.74) is 0. The van der Waals surface area contributed by atoms with Gasteiger partial charge in [0, 0.05) is 6.08 Å². The van der Waals surface area contributed by atoms with E-state index in [0.29, 0.717) is 5.76 Å². The minimum Gasteiger partial charge on any atom is -0.465 e. The second kappa shape index (κ2) is 3.92. The van der Waals surface area contributed by atoms with Gasteiger partial charge in [-0.1, -0.05) is 0 Å². The molecule has 5 nitrogen and oxygen atoms in total. The lowest BCUT2D eigenvalue weighted by molar-refractivity contribution is -0.125. The van der Waals surface area contributed by atoms with Crippen molar-refractivity contribution in [2.75, 3.05) is 6.73 Å². The van der Waals surface area contributed by atoms with E-state index in [2.05, 4.69) is 0 Å². The van der Waals surface area contributed by atoms with Gasteiger partial charge >= 0.3 is 0 Å². The van der Waals surface area contributed by atoms with E-state index >= 15 is 0 Å². The molecule has 0 aromatic carbocycles. The number of rotatable bonds is 2. The maximum Gasteiger partial charge on any atom is 0.295 e. The first kappa shape index (κ1) is 10.0. The number of aliphatic hydroxyl groups is 1. The van der Waals surface area contributed by atoms with E-state index in [1.807, 2.05) is 0 Å². The fraction of sp³-hybridized carbons (Fsp3) is 0.111. The quantitative estimate of drug-likeness (QED) is 0.767. The second-order valence-corrected chi connectivity index (χ2v) is 3.76. The van der Waals surface area contributed by atoms with Crippen molar-refractivity contribution in [2.24, 2.45) is 0 Å². The lowest BCUT2D eigenvalue weighted by Gasteiger charge is -2.05. The van der Waals surface area contributed by atoms with Crippen LogP contribution in [0.25, 0.3) is 6.08 Å². The van der Waals surface area contributed by atoms with E-state index in [1.54, 1.807) is 12.1 Å². The van der Waals surface area contributed by atoms with Crippen LogP contribution in [0.15, 0.2) is 27.7 Å². The van der Waals surface area contributed by atoms with E-state index in [1.165, 1.54) is 12.3 Å². The van der Waals surface area contributed by atoms with Crippen molar-refractivity contribution in [3.8, 4) is 0 Å². The Balaban J connectivity index is 2.26. The van der Waals surface area contributed by atoms with Gasteiger partial charge in [0.2, 0.25) is 0 Å². The number of hydrogen-bond donors (Lipinski definition) is 1. The molecule has 2 amide bonds. The first-order valence-electron chi connectivity index (χ1n) is 4.12. The van der Waals surface area contributed by atoms with Crippen molar-refractivity contribution in [1.82, 2.24) is 4.90 Å². The highest BCUT2D eigenvalue weighted by atomic mass is 32.2. The molecule has 1 aromatic rings. The van der Waals surface area contributed by atoms with Crippen molar-refractivity contribution < 1.29 is 19.1 Å². The van der Waals surface area contributed by atoms with Crippen molar-refractivity contribution in [1.29, 1.82) is 0 Å². The van der Waals surface area contributed by atoms with Gasteiger partial charge in [-0.15, -0.1) is 0 Å². The molecular weight excluding hydrogens is 218 g/mol. The predicted octanol–water partition coefficient (Wildman–Crippen LogP) is 1.27. The van der Waals surface area contributed by atoms with Crippen molar-refractivity contribution in [3.05, 3.63) is 29.1 Å². The lowest BCUT2D eigenvalue weighted by atomic mass is 10.4. The number of hydrogen-bond acceptors (Lipinski definition) is 5. The normalized spacial score (nSPS) is 19.3. The van der Waals surface area contributed by atoms with Crippen molar-refractivity contribution in [3.63, 3.8) is 0 Å². The fourth-order valence-corrected chi connectivity index (χ4v) is 1.94. The largest absolute Gasteiger partial charge is 0.465 e. The van der Waals surface area contributed by atoms with Crippen LogP contribution in [0.3, 0.4) is 0 Å². The smallest absolute Gasteiger partial charge is 0.295 e. The summed E-state index contributed by atoms with van der Waals surface area (Å²) in [6, 6.07) is 3.36. The molecule has 0 bridgehead atoms. The van der Waals surface area contributed by atoms with Gasteiger partial charge in [-0.25, -0.2) is 4.90 Å². The summed E-state index contributed by atoms with van der Waals surface area (Å²) in [6.45, 7) is -0.597. The van der Waals surface area contributed by atoms with Gasteiger partial charge in [-0.2, -0.15) is 0 Å². The first-order valence-corrected chi connectivity index (χ1v) is 4.94. The highest BCUT2D eigenvalue weighted by Crippen LogP contribution is 2.31. The summed E-state index contributed by atoms with van der Waals surface area (Å²) in [6.07, 6.45) is 2.95. The van der Waals surface area contributed by atoms with Gasteiger partial charge in [-0.05, 0) is 23.9 Å². The zero-order valence-corrected chi connectivity index (χ0v) is 8.36. The second-order valence-electron chi connectivity index (χ2n) is 2.77. The van der Waals surface area contributed by atoms with E-state index in [0.717, 1.165) is 16.7 Å². The molecule has 1 aliphatic heterocycles. The minimum atomic E-state index is -0.597. The molecule has 0 aliphatic carbocycles. The van der Waals surface area contributed by atoms with Crippen LogP contribution < -0.4 is 0 Å². The van der Waals surface area contributed by atoms with Crippen LogP contribution in [0.1, 0.15) is 5.76 Å². The van der Waals surface area contributed by atoms with E-state index < -0.39 is 17.9 Å². The number of imide groups is 1. The topological polar surface area (TPSA) is 70.8 Å². The van der Waals surface area contributed by atoms with E-state index in [9.17, 15) is 9.59 Å². The molecule has 6 heteroatoms. The van der Waals surface area contributed by atoms with Crippen LogP contribution in [0.5, 0.6) is 0 Å².